The Morgan fingerprint density at radius 2 is 1.37 bits per heavy atom. The molecular weight excluding hydrogens is 356 g/mol. The molecule has 0 spiro atoms. The molecule has 0 aliphatic carbocycles. The van der Waals surface area contributed by atoms with Gasteiger partial charge in [-0.3, -0.25) is 29.3 Å². The van der Waals surface area contributed by atoms with Crippen molar-refractivity contribution in [3.8, 4) is 0 Å². The van der Waals surface area contributed by atoms with Gasteiger partial charge in [0.25, 0.3) is 0 Å². The molecule has 0 bridgehead atoms. The van der Waals surface area contributed by atoms with Crippen LogP contribution in [0.25, 0.3) is 0 Å². The highest BCUT2D eigenvalue weighted by Crippen LogP contribution is 1.96. The van der Waals surface area contributed by atoms with E-state index >= 15 is 0 Å². The molecular formula is C17H30N4O6. The molecule has 27 heavy (non-hydrogen) atoms. The summed E-state index contributed by atoms with van der Waals surface area (Å²) in [7, 11) is 0. The van der Waals surface area contributed by atoms with Crippen molar-refractivity contribution in [3.05, 3.63) is 0 Å². The van der Waals surface area contributed by atoms with Gasteiger partial charge in [-0.2, -0.15) is 0 Å². The Labute approximate surface area is 158 Å². The zero-order valence-corrected chi connectivity index (χ0v) is 16.3. The maximum atomic E-state index is 12.0. The molecule has 0 unspecified atom stereocenters. The van der Waals surface area contributed by atoms with Crippen molar-refractivity contribution < 1.29 is 29.1 Å². The third-order valence-electron chi connectivity index (χ3n) is 3.66. The van der Waals surface area contributed by atoms with Gasteiger partial charge in [-0.1, -0.05) is 6.92 Å². The summed E-state index contributed by atoms with van der Waals surface area (Å²) in [5, 5.41) is 18.5. The number of carboxylic acid groups (broad SMARTS) is 1. The Kier molecular flexibility index (Phi) is 11.6. The summed E-state index contributed by atoms with van der Waals surface area (Å²) in [4.78, 5) is 58.0. The van der Waals surface area contributed by atoms with Crippen molar-refractivity contribution in [1.82, 2.24) is 21.3 Å². The molecule has 0 aromatic carbocycles. The Morgan fingerprint density at radius 3 is 1.93 bits per heavy atom. The first-order chi connectivity index (χ1) is 12.6. The number of imide groups is 1. The van der Waals surface area contributed by atoms with Crippen LogP contribution in [0, 0.1) is 0 Å². The summed E-state index contributed by atoms with van der Waals surface area (Å²) in [5.74, 6) is -3.19. The van der Waals surface area contributed by atoms with Crippen molar-refractivity contribution in [1.29, 1.82) is 0 Å². The summed E-state index contributed by atoms with van der Waals surface area (Å²) in [5.41, 5.74) is 0. The molecule has 0 aliphatic rings. The van der Waals surface area contributed by atoms with E-state index < -0.39 is 47.7 Å². The van der Waals surface area contributed by atoms with E-state index in [9.17, 15) is 24.0 Å². The van der Waals surface area contributed by atoms with Gasteiger partial charge in [0, 0.05) is 12.8 Å². The quantitative estimate of drug-likeness (QED) is 0.297. The van der Waals surface area contributed by atoms with Crippen LogP contribution < -0.4 is 21.3 Å². The minimum atomic E-state index is -0.998. The van der Waals surface area contributed by atoms with Crippen molar-refractivity contribution in [2.45, 2.75) is 71.5 Å². The number of aliphatic carboxylic acids is 1. The molecule has 0 saturated carbocycles. The fourth-order valence-corrected chi connectivity index (χ4v) is 1.97. The predicted molar refractivity (Wildman–Crippen MR) is 97.6 cm³/mol. The minimum absolute atomic E-state index is 0.0168. The third kappa shape index (κ3) is 11.0. The van der Waals surface area contributed by atoms with Crippen molar-refractivity contribution >= 4 is 29.6 Å². The second-order valence-electron chi connectivity index (χ2n) is 6.30. The number of hydrogen-bond acceptors (Lipinski definition) is 6. The summed E-state index contributed by atoms with van der Waals surface area (Å²) in [6.07, 6.45) is 0.862. The van der Waals surface area contributed by atoms with E-state index in [-0.39, 0.29) is 19.3 Å². The predicted octanol–water partition coefficient (Wildman–Crippen LogP) is -0.718. The van der Waals surface area contributed by atoms with E-state index in [0.29, 0.717) is 6.54 Å². The number of nitrogens with one attached hydrogen (secondary N) is 4. The first-order valence-electron chi connectivity index (χ1n) is 8.98. The van der Waals surface area contributed by atoms with Gasteiger partial charge in [-0.25, -0.2) is 0 Å². The molecule has 0 aromatic heterocycles. The summed E-state index contributed by atoms with van der Waals surface area (Å²) in [6.45, 7) is 7.08. The molecule has 0 rings (SSSR count). The van der Waals surface area contributed by atoms with Crippen LogP contribution in [0.5, 0.6) is 0 Å². The van der Waals surface area contributed by atoms with Crippen LogP contribution in [0.4, 0.5) is 0 Å². The monoisotopic (exact) mass is 386 g/mol. The number of carbonyl (C=O) groups is 5. The molecule has 0 fully saturated rings. The normalized spacial score (nSPS) is 13.8. The molecule has 0 heterocycles. The molecule has 10 heteroatoms. The zero-order chi connectivity index (χ0) is 21.0. The highest BCUT2D eigenvalue weighted by atomic mass is 16.4. The molecule has 0 aromatic rings. The van der Waals surface area contributed by atoms with Crippen LogP contribution in [-0.2, 0) is 24.0 Å². The molecule has 4 amide bonds. The Morgan fingerprint density at radius 1 is 0.815 bits per heavy atom. The first-order valence-corrected chi connectivity index (χ1v) is 8.98. The third-order valence-corrected chi connectivity index (χ3v) is 3.66. The summed E-state index contributed by atoms with van der Waals surface area (Å²) < 4.78 is 0. The zero-order valence-electron chi connectivity index (χ0n) is 16.3. The lowest BCUT2D eigenvalue weighted by Crippen LogP contribution is -2.54. The van der Waals surface area contributed by atoms with E-state index in [0.717, 1.165) is 6.42 Å². The SMILES string of the molecule is CCCN[C@@H](C)C(=O)NC(=O)[C@H](C)NC(=O)[C@H](C)NC(=O)CCCC(=O)O. The van der Waals surface area contributed by atoms with Gasteiger partial charge in [0.05, 0.1) is 6.04 Å². The van der Waals surface area contributed by atoms with Crippen molar-refractivity contribution in [2.24, 2.45) is 0 Å². The lowest BCUT2D eigenvalue weighted by atomic mass is 10.2. The highest BCUT2D eigenvalue weighted by molar-refractivity contribution is 6.01. The van der Waals surface area contributed by atoms with Crippen LogP contribution in [0.2, 0.25) is 0 Å². The van der Waals surface area contributed by atoms with Crippen LogP contribution in [0.1, 0.15) is 53.4 Å². The van der Waals surface area contributed by atoms with E-state index in [2.05, 4.69) is 21.3 Å². The van der Waals surface area contributed by atoms with Gasteiger partial charge in [-0.15, -0.1) is 0 Å². The van der Waals surface area contributed by atoms with Gasteiger partial charge >= 0.3 is 5.97 Å². The van der Waals surface area contributed by atoms with Gasteiger partial charge in [0.15, 0.2) is 0 Å². The molecule has 5 N–H and O–H groups in total. The Bertz CT molecular complexity index is 552. The fourth-order valence-electron chi connectivity index (χ4n) is 1.97. The Hall–Kier alpha value is -2.49. The van der Waals surface area contributed by atoms with Crippen molar-refractivity contribution in [2.75, 3.05) is 6.54 Å². The molecule has 10 nitrogen and oxygen atoms in total. The van der Waals surface area contributed by atoms with E-state index in [4.69, 9.17) is 5.11 Å². The minimum Gasteiger partial charge on any atom is -0.481 e. The maximum Gasteiger partial charge on any atom is 0.303 e. The van der Waals surface area contributed by atoms with Gasteiger partial charge in [0.1, 0.15) is 12.1 Å². The first kappa shape index (κ1) is 24.5. The smallest absolute Gasteiger partial charge is 0.303 e. The van der Waals surface area contributed by atoms with Crippen molar-refractivity contribution in [3.63, 3.8) is 0 Å². The average molecular weight is 386 g/mol. The summed E-state index contributed by atoms with van der Waals surface area (Å²) >= 11 is 0. The maximum absolute atomic E-state index is 12.0. The number of rotatable bonds is 12. The molecule has 154 valence electrons. The number of amides is 4. The number of carboxylic acids is 1. The van der Waals surface area contributed by atoms with Gasteiger partial charge < -0.3 is 21.1 Å². The van der Waals surface area contributed by atoms with Crippen LogP contribution in [0.15, 0.2) is 0 Å². The lowest BCUT2D eigenvalue weighted by molar-refractivity contribution is -0.137. The molecule has 0 saturated heterocycles. The average Bonchev–Trinajstić information content (AvgIpc) is 2.58. The van der Waals surface area contributed by atoms with Crippen LogP contribution in [0.3, 0.4) is 0 Å². The van der Waals surface area contributed by atoms with E-state index in [1.165, 1.54) is 13.8 Å². The Balaban J connectivity index is 4.33. The summed E-state index contributed by atoms with van der Waals surface area (Å²) in [6, 6.07) is -2.41. The largest absolute Gasteiger partial charge is 0.481 e. The van der Waals surface area contributed by atoms with Gasteiger partial charge in [0.2, 0.25) is 23.6 Å². The topological polar surface area (TPSA) is 154 Å². The van der Waals surface area contributed by atoms with Crippen LogP contribution >= 0.6 is 0 Å². The second kappa shape index (κ2) is 12.8. The van der Waals surface area contributed by atoms with E-state index in [1.807, 2.05) is 6.92 Å². The fraction of sp³-hybridized carbons (Fsp3) is 0.706. The molecule has 0 aliphatic heterocycles. The molecule has 3 atom stereocenters. The lowest BCUT2D eigenvalue weighted by Gasteiger charge is -2.19. The standard InChI is InChI=1S/C17H30N4O6/c1-5-9-18-10(2)15(25)21-17(27)12(4)20-16(26)11(3)19-13(22)7-6-8-14(23)24/h10-12,18H,5-9H2,1-4H3,(H,19,22)(H,20,26)(H,23,24)(H,21,25,27)/t10-,11-,12-/m0/s1. The number of carbonyl (C=O) groups excluding carboxylic acids is 4. The van der Waals surface area contributed by atoms with E-state index in [1.54, 1.807) is 6.92 Å². The highest BCUT2D eigenvalue weighted by Gasteiger charge is 2.23. The molecule has 0 radical (unpaired) electrons. The van der Waals surface area contributed by atoms with Crippen LogP contribution in [-0.4, -0.2) is 59.4 Å². The van der Waals surface area contributed by atoms with Gasteiger partial charge in [-0.05, 0) is 40.2 Å². The number of hydrogen-bond donors (Lipinski definition) is 5. The second-order valence-corrected chi connectivity index (χ2v) is 6.30.